The average molecular weight is 1110 g/mol. The monoisotopic (exact) mass is 1110 g/mol. The van der Waals surface area contributed by atoms with Gasteiger partial charge in [-0.25, -0.2) is 0 Å². The van der Waals surface area contributed by atoms with Crippen LogP contribution in [0.25, 0.3) is 137 Å². The lowest BCUT2D eigenvalue weighted by Gasteiger charge is -2.31. The summed E-state index contributed by atoms with van der Waals surface area (Å²) in [4.78, 5) is 2.55. The first-order valence-electron chi connectivity index (χ1n) is 30.2. The predicted octanol–water partition coefficient (Wildman–Crippen LogP) is 22.4. The molecular weight excluding hydrogens is 1050 g/mol. The van der Waals surface area contributed by atoms with Crippen LogP contribution in [0, 0.1) is 0 Å². The van der Waals surface area contributed by atoms with E-state index in [0.717, 1.165) is 28.4 Å². The van der Waals surface area contributed by atoms with E-state index in [-0.39, 0.29) is 5.41 Å². The van der Waals surface area contributed by atoms with E-state index >= 15 is 0 Å². The summed E-state index contributed by atoms with van der Waals surface area (Å²) in [7, 11) is 0. The summed E-state index contributed by atoms with van der Waals surface area (Å²) in [5.74, 6) is 0. The number of hydrogen-bond donors (Lipinski definition) is 0. The fraction of sp³-hybridized carbons (Fsp3) is 0.0361. The van der Waals surface area contributed by atoms with Crippen molar-refractivity contribution in [2.24, 2.45) is 0 Å². The Labute approximate surface area is 503 Å². The first-order valence-corrected chi connectivity index (χ1v) is 30.2. The van der Waals surface area contributed by atoms with Crippen molar-refractivity contribution in [3.63, 3.8) is 0 Å². The minimum Gasteiger partial charge on any atom is -0.309 e. The van der Waals surface area contributed by atoms with Crippen LogP contribution in [0.2, 0.25) is 0 Å². The smallest absolute Gasteiger partial charge is 0.0547 e. The summed E-state index contributed by atoms with van der Waals surface area (Å²) in [6.45, 7) is 4.83. The number of anilines is 3. The van der Waals surface area contributed by atoms with E-state index in [0.29, 0.717) is 0 Å². The van der Waals surface area contributed by atoms with Gasteiger partial charge < -0.3 is 18.6 Å². The number of para-hydroxylation sites is 6. The summed E-state index contributed by atoms with van der Waals surface area (Å²) in [6, 6.07) is 113. The molecule has 0 fully saturated rings. The second-order valence-corrected chi connectivity index (χ2v) is 24.0. The van der Waals surface area contributed by atoms with Gasteiger partial charge in [-0.1, -0.05) is 220 Å². The summed E-state index contributed by atoms with van der Waals surface area (Å²) < 4.78 is 7.28. The third kappa shape index (κ3) is 7.31. The zero-order valence-electron chi connectivity index (χ0n) is 48.2. The number of aromatic nitrogens is 3. The molecule has 0 amide bonds. The Kier molecular flexibility index (Phi) is 10.7. The molecule has 0 unspecified atom stereocenters. The van der Waals surface area contributed by atoms with Gasteiger partial charge in [-0.3, -0.25) is 0 Å². The number of rotatable bonds is 8. The van der Waals surface area contributed by atoms with Gasteiger partial charge in [0.25, 0.3) is 0 Å². The lowest BCUT2D eigenvalue weighted by molar-refractivity contribution is 0.660. The van der Waals surface area contributed by atoms with Crippen molar-refractivity contribution < 1.29 is 0 Å². The van der Waals surface area contributed by atoms with Crippen molar-refractivity contribution in [2.75, 3.05) is 4.90 Å². The molecule has 3 heterocycles. The van der Waals surface area contributed by atoms with Gasteiger partial charge in [-0.05, 0) is 152 Å². The van der Waals surface area contributed by atoms with E-state index in [9.17, 15) is 0 Å². The van der Waals surface area contributed by atoms with Crippen molar-refractivity contribution in [2.45, 2.75) is 19.3 Å². The van der Waals surface area contributed by atoms with Gasteiger partial charge in [0, 0.05) is 71.3 Å². The number of nitrogens with zero attached hydrogens (tertiary/aromatic N) is 4. The van der Waals surface area contributed by atoms with Gasteiger partial charge in [0.1, 0.15) is 0 Å². The maximum absolute atomic E-state index is 2.55. The van der Waals surface area contributed by atoms with Crippen molar-refractivity contribution in [1.82, 2.24) is 13.7 Å². The highest BCUT2D eigenvalue weighted by molar-refractivity contribution is 6.16. The molecule has 18 rings (SSSR count). The molecule has 4 heteroatoms. The van der Waals surface area contributed by atoms with Crippen molar-refractivity contribution in [3.8, 4) is 50.4 Å². The van der Waals surface area contributed by atoms with E-state index in [1.54, 1.807) is 0 Å². The molecule has 17 aromatic rings. The topological polar surface area (TPSA) is 18.0 Å². The van der Waals surface area contributed by atoms with Crippen LogP contribution in [0.15, 0.2) is 303 Å². The van der Waals surface area contributed by atoms with E-state index < -0.39 is 0 Å². The van der Waals surface area contributed by atoms with Crippen molar-refractivity contribution in [1.29, 1.82) is 0 Å². The standard InChI is InChI=1S/C83H56N4/c1-83(2)73-51-57(86-77-35-19-13-29-67(77)68-30-14-20-36-78(68)86)39-43-63(73)64-44-40-58(52-74(64)83)87(79-47-45-59(61-25-9-11-27-65(61)79)53-37-41-71-69-31-15-17-33-75(69)84(81(71)49-53)55-21-5-3-6-22-55)80-48-46-60(62-26-10-12-28-66(62)80)54-38-42-72-70-32-16-18-34-76(70)85(82(72)50-54)56-23-7-4-8-24-56/h3-52H,1-2H3. The third-order valence-electron chi connectivity index (χ3n) is 19.0. The second-order valence-electron chi connectivity index (χ2n) is 24.0. The number of hydrogen-bond acceptors (Lipinski definition) is 1. The second kappa shape index (κ2) is 18.9. The van der Waals surface area contributed by atoms with Gasteiger partial charge in [0.05, 0.1) is 44.5 Å². The zero-order valence-corrected chi connectivity index (χ0v) is 48.2. The minimum atomic E-state index is -0.319. The van der Waals surface area contributed by atoms with Crippen LogP contribution in [0.4, 0.5) is 17.1 Å². The van der Waals surface area contributed by atoms with Crippen LogP contribution in [-0.2, 0) is 5.41 Å². The van der Waals surface area contributed by atoms with E-state index in [1.807, 2.05) is 0 Å². The molecule has 0 saturated carbocycles. The molecule has 0 aliphatic heterocycles. The summed E-state index contributed by atoms with van der Waals surface area (Å²) in [6.07, 6.45) is 0. The lowest BCUT2D eigenvalue weighted by Crippen LogP contribution is -2.17. The van der Waals surface area contributed by atoms with Crippen molar-refractivity contribution >= 4 is 104 Å². The van der Waals surface area contributed by atoms with Crippen LogP contribution < -0.4 is 4.90 Å². The maximum Gasteiger partial charge on any atom is 0.0547 e. The molecule has 0 N–H and O–H groups in total. The fourth-order valence-electron chi connectivity index (χ4n) is 15.0. The van der Waals surface area contributed by atoms with Crippen LogP contribution in [-0.4, -0.2) is 13.7 Å². The fourth-order valence-corrected chi connectivity index (χ4v) is 15.0. The summed E-state index contributed by atoms with van der Waals surface area (Å²) in [5, 5.41) is 12.2. The van der Waals surface area contributed by atoms with E-state index in [2.05, 4.69) is 336 Å². The Hall–Kier alpha value is -11.2. The molecular formula is C83H56N4. The highest BCUT2D eigenvalue weighted by Gasteiger charge is 2.37. The van der Waals surface area contributed by atoms with E-state index in [1.165, 1.54) is 137 Å². The molecule has 408 valence electrons. The largest absolute Gasteiger partial charge is 0.309 e. The molecule has 1 aliphatic rings. The maximum atomic E-state index is 2.55. The van der Waals surface area contributed by atoms with E-state index in [4.69, 9.17) is 0 Å². The van der Waals surface area contributed by atoms with Gasteiger partial charge >= 0.3 is 0 Å². The van der Waals surface area contributed by atoms with Crippen LogP contribution in [0.5, 0.6) is 0 Å². The van der Waals surface area contributed by atoms with Crippen molar-refractivity contribution in [3.05, 3.63) is 314 Å². The highest BCUT2D eigenvalue weighted by atomic mass is 15.1. The Morgan fingerprint density at radius 2 is 0.586 bits per heavy atom. The Morgan fingerprint density at radius 1 is 0.241 bits per heavy atom. The molecule has 87 heavy (non-hydrogen) atoms. The third-order valence-corrected chi connectivity index (χ3v) is 19.0. The normalized spacial score (nSPS) is 12.8. The first kappa shape index (κ1) is 49.2. The molecule has 0 radical (unpaired) electrons. The highest BCUT2D eigenvalue weighted by Crippen LogP contribution is 2.54. The first-order chi connectivity index (χ1) is 42.9. The van der Waals surface area contributed by atoms with Crippen LogP contribution in [0.1, 0.15) is 25.0 Å². The SMILES string of the molecule is CC1(C)c2cc(N(c3ccc(-c4ccc5c6ccccc6n(-c6ccccc6)c5c4)c4ccccc34)c3ccc(-c4ccc5c6ccccc6n(-c6ccccc6)c5c4)c4ccccc34)ccc2-c2ccc(-n3c4ccccc4c4ccccc43)cc21. The molecule has 1 aliphatic carbocycles. The Bertz CT molecular complexity index is 5390. The Morgan fingerprint density at radius 3 is 1.03 bits per heavy atom. The van der Waals surface area contributed by atoms with Crippen LogP contribution in [0.3, 0.4) is 0 Å². The zero-order chi connectivity index (χ0) is 57.5. The van der Waals surface area contributed by atoms with Gasteiger partial charge in [0.15, 0.2) is 0 Å². The van der Waals surface area contributed by atoms with Gasteiger partial charge in [-0.15, -0.1) is 0 Å². The molecule has 14 aromatic carbocycles. The van der Waals surface area contributed by atoms with Crippen LogP contribution >= 0.6 is 0 Å². The molecule has 0 atom stereocenters. The lowest BCUT2D eigenvalue weighted by atomic mass is 9.82. The minimum absolute atomic E-state index is 0.319. The average Bonchev–Trinajstić information content (AvgIpc) is 1.83. The predicted molar refractivity (Wildman–Crippen MR) is 368 cm³/mol. The van der Waals surface area contributed by atoms with Gasteiger partial charge in [-0.2, -0.15) is 0 Å². The molecule has 0 saturated heterocycles. The number of benzene rings is 14. The Balaban J connectivity index is 0.833. The molecule has 3 aromatic heterocycles. The summed E-state index contributed by atoms with van der Waals surface area (Å²) in [5.41, 5.74) is 23.6. The summed E-state index contributed by atoms with van der Waals surface area (Å²) >= 11 is 0. The van der Waals surface area contributed by atoms with Gasteiger partial charge in [0.2, 0.25) is 0 Å². The molecule has 4 nitrogen and oxygen atoms in total. The number of fused-ring (bicyclic) bond motifs is 14. The molecule has 0 bridgehead atoms. The molecule has 0 spiro atoms. The quantitative estimate of drug-likeness (QED) is 0.148.